The van der Waals surface area contributed by atoms with Crippen LogP contribution in [-0.4, -0.2) is 41.2 Å². The van der Waals surface area contributed by atoms with E-state index < -0.39 is 6.10 Å². The van der Waals surface area contributed by atoms with Gasteiger partial charge in [0.15, 0.2) is 0 Å². The molecule has 126 valence electrons. The minimum absolute atomic E-state index is 0.184. The summed E-state index contributed by atoms with van der Waals surface area (Å²) in [6.07, 6.45) is 5.80. The Morgan fingerprint density at radius 1 is 1.38 bits per heavy atom. The third kappa shape index (κ3) is 2.50. The molecule has 1 aromatic heterocycles. The Bertz CT molecular complexity index is 786. The number of aromatic nitrogens is 1. The molecule has 0 radical (unpaired) electrons. The Kier molecular flexibility index (Phi) is 4.02. The number of methoxy groups -OCH3 is 1. The van der Waals surface area contributed by atoms with E-state index in [1.165, 1.54) is 12.0 Å². The summed E-state index contributed by atoms with van der Waals surface area (Å²) >= 11 is 0. The van der Waals surface area contributed by atoms with Gasteiger partial charge in [0.2, 0.25) is 0 Å². The Morgan fingerprint density at radius 3 is 2.96 bits per heavy atom. The number of rotatable bonds is 3. The Hall–Kier alpha value is -1.91. The first-order valence-corrected chi connectivity index (χ1v) is 8.71. The molecule has 2 bridgehead atoms. The summed E-state index contributed by atoms with van der Waals surface area (Å²) in [6.45, 7) is 4.20. The SMILES string of the molecule is C/C=C1/CN2CCC1CC2C(O)c1ccnc2ccc(OC)cc12. The number of aliphatic hydroxyl groups is 1. The number of piperidine rings is 3. The first kappa shape index (κ1) is 15.6. The number of pyridine rings is 1. The fourth-order valence-electron chi connectivity index (χ4n) is 4.34. The largest absolute Gasteiger partial charge is 0.497 e. The molecule has 4 heterocycles. The number of hydrogen-bond donors (Lipinski definition) is 1. The predicted molar refractivity (Wildman–Crippen MR) is 95.1 cm³/mol. The van der Waals surface area contributed by atoms with Crippen LogP contribution in [0.15, 0.2) is 42.1 Å². The number of nitrogens with zero attached hydrogens (tertiary/aromatic N) is 2. The zero-order valence-corrected chi connectivity index (χ0v) is 14.3. The van der Waals surface area contributed by atoms with Crippen LogP contribution in [0.4, 0.5) is 0 Å². The van der Waals surface area contributed by atoms with Crippen molar-refractivity contribution in [2.24, 2.45) is 5.92 Å². The Balaban J connectivity index is 1.70. The molecule has 3 saturated heterocycles. The lowest BCUT2D eigenvalue weighted by molar-refractivity contribution is -0.00340. The molecule has 24 heavy (non-hydrogen) atoms. The van der Waals surface area contributed by atoms with Gasteiger partial charge in [0, 0.05) is 24.2 Å². The first-order chi connectivity index (χ1) is 11.7. The van der Waals surface area contributed by atoms with Crippen molar-refractivity contribution in [2.75, 3.05) is 20.2 Å². The van der Waals surface area contributed by atoms with Crippen LogP contribution in [0.5, 0.6) is 5.75 Å². The van der Waals surface area contributed by atoms with Gasteiger partial charge in [-0.15, -0.1) is 0 Å². The van der Waals surface area contributed by atoms with Gasteiger partial charge >= 0.3 is 0 Å². The quantitative estimate of drug-likeness (QED) is 0.880. The first-order valence-electron chi connectivity index (χ1n) is 8.71. The fourth-order valence-corrected chi connectivity index (χ4v) is 4.34. The minimum atomic E-state index is -0.496. The monoisotopic (exact) mass is 324 g/mol. The van der Waals surface area contributed by atoms with E-state index in [-0.39, 0.29) is 6.04 Å². The topological polar surface area (TPSA) is 45.6 Å². The molecule has 4 unspecified atom stereocenters. The van der Waals surface area contributed by atoms with E-state index in [1.807, 2.05) is 24.3 Å². The van der Waals surface area contributed by atoms with Crippen LogP contribution < -0.4 is 4.74 Å². The zero-order chi connectivity index (χ0) is 16.7. The van der Waals surface area contributed by atoms with E-state index in [0.717, 1.165) is 41.7 Å². The van der Waals surface area contributed by atoms with E-state index in [2.05, 4.69) is 22.9 Å². The van der Waals surface area contributed by atoms with Gasteiger partial charge in [-0.05, 0) is 62.1 Å². The van der Waals surface area contributed by atoms with E-state index in [0.29, 0.717) is 5.92 Å². The smallest absolute Gasteiger partial charge is 0.119 e. The highest BCUT2D eigenvalue weighted by molar-refractivity contribution is 5.83. The second kappa shape index (κ2) is 6.19. The van der Waals surface area contributed by atoms with Gasteiger partial charge in [-0.3, -0.25) is 9.88 Å². The van der Waals surface area contributed by atoms with E-state index in [4.69, 9.17) is 4.74 Å². The van der Waals surface area contributed by atoms with Crippen LogP contribution in [-0.2, 0) is 0 Å². The molecule has 1 N–H and O–H groups in total. The van der Waals surface area contributed by atoms with Crippen molar-refractivity contribution in [3.63, 3.8) is 0 Å². The summed E-state index contributed by atoms with van der Waals surface area (Å²) in [5.74, 6) is 1.42. The van der Waals surface area contributed by atoms with E-state index in [9.17, 15) is 5.11 Å². The van der Waals surface area contributed by atoms with Crippen LogP contribution in [0, 0.1) is 5.92 Å². The molecule has 0 saturated carbocycles. The third-order valence-electron chi connectivity index (χ3n) is 5.71. The van der Waals surface area contributed by atoms with Crippen molar-refractivity contribution in [2.45, 2.75) is 31.9 Å². The lowest BCUT2D eigenvalue weighted by atomic mass is 9.76. The summed E-state index contributed by atoms with van der Waals surface area (Å²) in [6, 6.07) is 7.98. The maximum absolute atomic E-state index is 11.2. The summed E-state index contributed by atoms with van der Waals surface area (Å²) in [7, 11) is 1.66. The van der Waals surface area contributed by atoms with Crippen molar-refractivity contribution in [1.82, 2.24) is 9.88 Å². The number of hydrogen-bond acceptors (Lipinski definition) is 4. The Morgan fingerprint density at radius 2 is 2.25 bits per heavy atom. The van der Waals surface area contributed by atoms with E-state index >= 15 is 0 Å². The zero-order valence-electron chi connectivity index (χ0n) is 14.3. The number of aliphatic hydroxyl groups excluding tert-OH is 1. The molecule has 0 amide bonds. The molecule has 4 nitrogen and oxygen atoms in total. The molecule has 1 aromatic carbocycles. The van der Waals surface area contributed by atoms with Gasteiger partial charge in [0.25, 0.3) is 0 Å². The van der Waals surface area contributed by atoms with Crippen LogP contribution in [0.3, 0.4) is 0 Å². The van der Waals surface area contributed by atoms with E-state index in [1.54, 1.807) is 13.3 Å². The van der Waals surface area contributed by atoms with Crippen LogP contribution in [0.25, 0.3) is 10.9 Å². The van der Waals surface area contributed by atoms with Gasteiger partial charge in [0.05, 0.1) is 18.7 Å². The van der Waals surface area contributed by atoms with Crippen LogP contribution in [0.2, 0.25) is 0 Å². The maximum Gasteiger partial charge on any atom is 0.119 e. The van der Waals surface area contributed by atoms with Crippen molar-refractivity contribution in [1.29, 1.82) is 0 Å². The highest BCUT2D eigenvalue weighted by Crippen LogP contribution is 2.41. The molecule has 0 aliphatic carbocycles. The van der Waals surface area contributed by atoms with Crippen LogP contribution >= 0.6 is 0 Å². The van der Waals surface area contributed by atoms with Gasteiger partial charge in [-0.2, -0.15) is 0 Å². The van der Waals surface area contributed by atoms with Crippen molar-refractivity contribution < 1.29 is 9.84 Å². The molecule has 5 rings (SSSR count). The summed E-state index contributed by atoms with van der Waals surface area (Å²) in [5, 5.41) is 12.1. The molecular formula is C20H24N2O2. The number of fused-ring (bicyclic) bond motifs is 4. The molecule has 4 heteroatoms. The van der Waals surface area contributed by atoms with Gasteiger partial charge in [-0.1, -0.05) is 11.6 Å². The molecule has 0 spiro atoms. The van der Waals surface area contributed by atoms with Crippen molar-refractivity contribution >= 4 is 10.9 Å². The fraction of sp³-hybridized carbons (Fsp3) is 0.450. The summed E-state index contributed by atoms with van der Waals surface area (Å²) in [4.78, 5) is 6.87. The van der Waals surface area contributed by atoms with Gasteiger partial charge in [-0.25, -0.2) is 0 Å². The predicted octanol–water partition coefficient (Wildman–Crippen LogP) is 3.32. The highest BCUT2D eigenvalue weighted by Gasteiger charge is 2.40. The molecule has 2 aromatic rings. The standard InChI is InChI=1S/C20H24N2O2/c1-3-13-12-22-9-7-14(13)10-19(22)20(23)16-6-8-21-18-5-4-15(24-2)11-17(16)18/h3-6,8,11,14,19-20,23H,7,9-10,12H2,1-2H3/b13-3-. The average molecular weight is 324 g/mol. The number of allylic oxidation sites excluding steroid dienone is 1. The normalized spacial score (nSPS) is 29.1. The second-order valence-corrected chi connectivity index (χ2v) is 6.85. The molecule has 3 aliphatic rings. The van der Waals surface area contributed by atoms with Crippen molar-refractivity contribution in [3.8, 4) is 5.75 Å². The third-order valence-corrected chi connectivity index (χ3v) is 5.71. The molecule has 3 aliphatic heterocycles. The van der Waals surface area contributed by atoms with Crippen molar-refractivity contribution in [3.05, 3.63) is 47.7 Å². The molecular weight excluding hydrogens is 300 g/mol. The average Bonchev–Trinajstić information content (AvgIpc) is 2.66. The minimum Gasteiger partial charge on any atom is -0.497 e. The molecule has 3 fully saturated rings. The Labute approximate surface area is 142 Å². The second-order valence-electron chi connectivity index (χ2n) is 6.85. The summed E-state index contributed by atoms with van der Waals surface area (Å²) < 4.78 is 5.35. The lowest BCUT2D eigenvalue weighted by Crippen LogP contribution is -2.52. The molecule has 4 atom stereocenters. The highest BCUT2D eigenvalue weighted by atomic mass is 16.5. The summed E-state index contributed by atoms with van der Waals surface area (Å²) in [5.41, 5.74) is 3.39. The number of ether oxygens (including phenoxy) is 1. The van der Waals surface area contributed by atoms with Gasteiger partial charge in [0.1, 0.15) is 5.75 Å². The van der Waals surface area contributed by atoms with Crippen LogP contribution in [0.1, 0.15) is 31.4 Å². The number of benzene rings is 1. The maximum atomic E-state index is 11.2. The lowest BCUT2D eigenvalue weighted by Gasteiger charge is -2.48. The van der Waals surface area contributed by atoms with Gasteiger partial charge < -0.3 is 9.84 Å².